The number of benzene rings is 2. The lowest BCUT2D eigenvalue weighted by Gasteiger charge is -2.11. The first-order valence-corrected chi connectivity index (χ1v) is 8.93. The van der Waals surface area contributed by atoms with Crippen LogP contribution in [0, 0.1) is 0 Å². The van der Waals surface area contributed by atoms with E-state index in [-0.39, 0.29) is 12.2 Å². The van der Waals surface area contributed by atoms with Gasteiger partial charge in [0.2, 0.25) is 5.91 Å². The minimum atomic E-state index is -0.433. The first-order chi connectivity index (χ1) is 14.1. The van der Waals surface area contributed by atoms with Gasteiger partial charge >= 0.3 is 0 Å². The molecule has 0 atom stereocenters. The summed E-state index contributed by atoms with van der Waals surface area (Å²) in [5.74, 6) is -0.734. The van der Waals surface area contributed by atoms with Gasteiger partial charge in [-0.15, -0.1) is 5.10 Å². The lowest BCUT2D eigenvalue weighted by atomic mass is 10.1. The Bertz CT molecular complexity index is 1150. The van der Waals surface area contributed by atoms with Gasteiger partial charge in [0.1, 0.15) is 0 Å². The van der Waals surface area contributed by atoms with E-state index >= 15 is 0 Å². The van der Waals surface area contributed by atoms with Crippen molar-refractivity contribution in [3.63, 3.8) is 0 Å². The van der Waals surface area contributed by atoms with Gasteiger partial charge in [-0.1, -0.05) is 17.3 Å². The predicted octanol–water partition coefficient (Wildman–Crippen LogP) is 2.85. The summed E-state index contributed by atoms with van der Waals surface area (Å²) in [5.41, 5.74) is 8.84. The lowest BCUT2D eigenvalue weighted by Crippen LogP contribution is -2.17. The largest absolute Gasteiger partial charge is 0.397 e. The summed E-state index contributed by atoms with van der Waals surface area (Å²) in [6.07, 6.45) is 6.71. The van der Waals surface area contributed by atoms with Crippen molar-refractivity contribution in [2.75, 3.05) is 11.1 Å². The van der Waals surface area contributed by atoms with Gasteiger partial charge in [-0.3, -0.25) is 9.59 Å². The summed E-state index contributed by atoms with van der Waals surface area (Å²) in [4.78, 5) is 25.0. The molecule has 0 saturated heterocycles. The Balaban J connectivity index is 1.47. The zero-order valence-corrected chi connectivity index (χ0v) is 15.4. The van der Waals surface area contributed by atoms with Crippen molar-refractivity contribution in [1.29, 1.82) is 0 Å². The minimum Gasteiger partial charge on any atom is -0.397 e. The number of carbonyl (C=O) groups is 2. The summed E-state index contributed by atoms with van der Waals surface area (Å²) in [7, 11) is 0. The van der Waals surface area contributed by atoms with Crippen LogP contribution in [-0.4, -0.2) is 31.3 Å². The molecular formula is C21H18N6O2. The molecule has 8 nitrogen and oxygen atoms in total. The van der Waals surface area contributed by atoms with Gasteiger partial charge in [0, 0.05) is 23.6 Å². The van der Waals surface area contributed by atoms with E-state index in [9.17, 15) is 9.59 Å². The summed E-state index contributed by atoms with van der Waals surface area (Å²) in [6.45, 7) is 0. The van der Waals surface area contributed by atoms with Gasteiger partial charge in [0.25, 0.3) is 0 Å². The van der Waals surface area contributed by atoms with Crippen molar-refractivity contribution in [2.45, 2.75) is 6.42 Å². The number of anilines is 2. The van der Waals surface area contributed by atoms with E-state index in [1.807, 2.05) is 35.2 Å². The second kappa shape index (κ2) is 7.81. The Morgan fingerprint density at radius 1 is 0.966 bits per heavy atom. The van der Waals surface area contributed by atoms with Crippen molar-refractivity contribution in [3.8, 4) is 11.4 Å². The smallest absolute Gasteiger partial charge is 0.232 e. The predicted molar refractivity (Wildman–Crippen MR) is 109 cm³/mol. The quantitative estimate of drug-likeness (QED) is 0.301. The molecule has 2 heterocycles. The van der Waals surface area contributed by atoms with Crippen LogP contribution in [0.4, 0.5) is 11.4 Å². The van der Waals surface area contributed by atoms with Crippen LogP contribution in [0.5, 0.6) is 0 Å². The third kappa shape index (κ3) is 4.06. The molecule has 0 unspecified atom stereocenters. The van der Waals surface area contributed by atoms with Crippen LogP contribution in [0.2, 0.25) is 0 Å². The van der Waals surface area contributed by atoms with Crippen LogP contribution in [0.3, 0.4) is 0 Å². The van der Waals surface area contributed by atoms with E-state index < -0.39 is 5.91 Å². The second-order valence-electron chi connectivity index (χ2n) is 6.41. The molecule has 0 spiro atoms. The first-order valence-electron chi connectivity index (χ1n) is 8.93. The molecule has 29 heavy (non-hydrogen) atoms. The maximum absolute atomic E-state index is 12.6. The van der Waals surface area contributed by atoms with Crippen LogP contribution < -0.4 is 11.1 Å². The molecule has 2 aromatic heterocycles. The number of hydrogen-bond donors (Lipinski definition) is 2. The van der Waals surface area contributed by atoms with E-state index in [0.717, 1.165) is 5.69 Å². The monoisotopic (exact) mass is 386 g/mol. The number of hydrogen-bond acceptors (Lipinski definition) is 5. The van der Waals surface area contributed by atoms with Crippen molar-refractivity contribution in [1.82, 2.24) is 19.6 Å². The fourth-order valence-corrected chi connectivity index (χ4v) is 2.93. The van der Waals surface area contributed by atoms with Crippen molar-refractivity contribution >= 4 is 23.1 Å². The fraction of sp³-hybridized carbons (Fsp3) is 0.0476. The zero-order valence-electron chi connectivity index (χ0n) is 15.4. The van der Waals surface area contributed by atoms with Crippen LogP contribution in [0.25, 0.3) is 11.4 Å². The molecule has 0 bridgehead atoms. The number of rotatable bonds is 6. The summed E-state index contributed by atoms with van der Waals surface area (Å²) in [6, 6.07) is 16.0. The van der Waals surface area contributed by atoms with E-state index in [1.54, 1.807) is 53.5 Å². The van der Waals surface area contributed by atoms with Crippen molar-refractivity contribution in [2.24, 2.45) is 0 Å². The van der Waals surface area contributed by atoms with Gasteiger partial charge in [0.15, 0.2) is 5.78 Å². The molecule has 4 aromatic rings. The molecule has 4 rings (SSSR count). The van der Waals surface area contributed by atoms with E-state index in [4.69, 9.17) is 5.73 Å². The molecule has 0 saturated carbocycles. The average Bonchev–Trinajstić information content (AvgIpc) is 3.44. The number of nitrogens with one attached hydrogen (secondary N) is 1. The Morgan fingerprint density at radius 3 is 2.55 bits per heavy atom. The highest BCUT2D eigenvalue weighted by Crippen LogP contribution is 2.23. The topological polar surface area (TPSA) is 108 Å². The van der Waals surface area contributed by atoms with E-state index in [2.05, 4.69) is 15.6 Å². The highest BCUT2D eigenvalue weighted by molar-refractivity contribution is 6.11. The maximum atomic E-state index is 12.6. The van der Waals surface area contributed by atoms with Crippen LogP contribution in [0.15, 0.2) is 79.4 Å². The van der Waals surface area contributed by atoms with Crippen molar-refractivity contribution in [3.05, 3.63) is 84.9 Å². The Kier molecular flexibility index (Phi) is 4.90. The van der Waals surface area contributed by atoms with Gasteiger partial charge in [0.05, 0.1) is 35.9 Å². The summed E-state index contributed by atoms with van der Waals surface area (Å²) >= 11 is 0. The molecule has 1 amide bonds. The fourth-order valence-electron chi connectivity index (χ4n) is 2.93. The molecule has 0 aliphatic carbocycles. The van der Waals surface area contributed by atoms with E-state index in [0.29, 0.717) is 22.6 Å². The molecule has 0 fully saturated rings. The van der Waals surface area contributed by atoms with Gasteiger partial charge in [-0.25, -0.2) is 4.68 Å². The number of Topliss-reactive ketones (excluding diaryl/α,β-unsaturated/α-hetero) is 1. The number of carbonyl (C=O) groups excluding carboxylic acids is 2. The lowest BCUT2D eigenvalue weighted by molar-refractivity contribution is -0.115. The number of nitrogens with two attached hydrogens (primary N) is 1. The molecule has 0 aliphatic rings. The Morgan fingerprint density at radius 2 is 1.79 bits per heavy atom. The molecule has 0 radical (unpaired) electrons. The van der Waals surface area contributed by atoms with Crippen molar-refractivity contribution < 1.29 is 9.59 Å². The minimum absolute atomic E-state index is 0.298. The number of nitrogens with zero attached hydrogens (tertiary/aromatic N) is 4. The number of amides is 1. The highest BCUT2D eigenvalue weighted by Gasteiger charge is 2.14. The molecule has 144 valence electrons. The third-order valence-electron chi connectivity index (χ3n) is 4.39. The molecule has 2 aromatic carbocycles. The molecule has 8 heteroatoms. The number of aromatic nitrogens is 4. The van der Waals surface area contributed by atoms with Gasteiger partial charge < -0.3 is 15.6 Å². The third-order valence-corrected chi connectivity index (χ3v) is 4.39. The second-order valence-corrected chi connectivity index (χ2v) is 6.41. The zero-order chi connectivity index (χ0) is 20.2. The Hall–Kier alpha value is -4.20. The van der Waals surface area contributed by atoms with Crippen LogP contribution >= 0.6 is 0 Å². The number of nitrogen functional groups attached to an aromatic ring is 1. The van der Waals surface area contributed by atoms with Crippen LogP contribution in [-0.2, 0) is 4.79 Å². The normalized spacial score (nSPS) is 10.6. The van der Waals surface area contributed by atoms with Gasteiger partial charge in [-0.05, 0) is 42.5 Å². The molecule has 3 N–H and O–H groups in total. The van der Waals surface area contributed by atoms with Crippen LogP contribution in [0.1, 0.15) is 16.8 Å². The van der Waals surface area contributed by atoms with E-state index in [1.165, 1.54) is 0 Å². The Labute approximate surface area is 166 Å². The SMILES string of the molecule is Nc1ccc(-n2cccc2)cc1NC(=O)CC(=O)c1cccc(-n2ccnn2)c1. The van der Waals surface area contributed by atoms with Gasteiger partial charge in [-0.2, -0.15) is 0 Å². The maximum Gasteiger partial charge on any atom is 0.232 e. The summed E-state index contributed by atoms with van der Waals surface area (Å²) < 4.78 is 3.44. The molecular weight excluding hydrogens is 368 g/mol. The molecule has 0 aliphatic heterocycles. The average molecular weight is 386 g/mol. The standard InChI is InChI=1S/C21H18N6O2/c22-18-7-6-16(26-9-1-2-10-26)13-19(18)24-21(29)14-20(28)15-4-3-5-17(12-15)27-11-8-23-25-27/h1-13H,14,22H2,(H,24,29). The first kappa shape index (κ1) is 18.2. The summed E-state index contributed by atoms with van der Waals surface area (Å²) in [5, 5.41) is 10.4. The number of ketones is 1. The highest BCUT2D eigenvalue weighted by atomic mass is 16.2.